The van der Waals surface area contributed by atoms with Crippen LogP contribution in [0.15, 0.2) is 66.2 Å². The molecular weight excluding hydrogens is 544 g/mol. The maximum Gasteiger partial charge on any atom is 0.195 e. The molecule has 1 aromatic heterocycles. The zero-order valence-corrected chi connectivity index (χ0v) is 25.0. The van der Waals surface area contributed by atoms with Gasteiger partial charge in [-0.3, -0.25) is 9.59 Å². The van der Waals surface area contributed by atoms with Gasteiger partial charge in [-0.1, -0.05) is 62.4 Å². The molecule has 1 saturated heterocycles. The number of carbonyl (C=O) groups excluding carboxylic acids is 2. The van der Waals surface area contributed by atoms with E-state index in [1.54, 1.807) is 18.2 Å². The third-order valence-corrected chi connectivity index (χ3v) is 12.0. The lowest BCUT2D eigenvalue weighted by Crippen LogP contribution is -2.80. The highest BCUT2D eigenvalue weighted by molar-refractivity contribution is 5.98. The molecule has 8 heteroatoms. The topological polar surface area (TPSA) is 124 Å². The molecule has 43 heavy (non-hydrogen) atoms. The number of hydrogen-bond acceptors (Lipinski definition) is 7. The van der Waals surface area contributed by atoms with Crippen molar-refractivity contribution in [3.8, 4) is 0 Å². The molecule has 0 radical (unpaired) electrons. The van der Waals surface area contributed by atoms with Crippen molar-refractivity contribution in [2.75, 3.05) is 6.61 Å². The van der Waals surface area contributed by atoms with Crippen LogP contribution in [0.2, 0.25) is 0 Å². The Morgan fingerprint density at radius 1 is 1.07 bits per heavy atom. The second-order valence-corrected chi connectivity index (χ2v) is 14.3. The van der Waals surface area contributed by atoms with Crippen molar-refractivity contribution in [1.29, 1.82) is 0 Å². The Labute approximate surface area is 250 Å². The summed E-state index contributed by atoms with van der Waals surface area (Å²) in [5.74, 6) is -1.70. The number of H-pyrrole nitrogens is 1. The lowest BCUT2D eigenvalue weighted by atomic mass is 9.39. The molecule has 8 nitrogen and oxygen atoms in total. The van der Waals surface area contributed by atoms with Gasteiger partial charge in [0, 0.05) is 50.5 Å². The van der Waals surface area contributed by atoms with Gasteiger partial charge >= 0.3 is 0 Å². The summed E-state index contributed by atoms with van der Waals surface area (Å²) in [6.07, 6.45) is 1.68. The number of ether oxygens (including phenoxy) is 3. The fraction of sp³-hybridized carbons (Fsp3) is 0.486. The number of ketones is 2. The summed E-state index contributed by atoms with van der Waals surface area (Å²) in [6, 6.07) is 17.2. The van der Waals surface area contributed by atoms with E-state index in [1.807, 2.05) is 44.2 Å². The third-order valence-electron chi connectivity index (χ3n) is 12.0. The van der Waals surface area contributed by atoms with Crippen molar-refractivity contribution in [2.24, 2.45) is 11.1 Å². The number of fused-ring (bicyclic) bond motifs is 9. The Bertz CT molecular complexity index is 1750. The molecule has 2 saturated carbocycles. The van der Waals surface area contributed by atoms with E-state index in [4.69, 9.17) is 19.9 Å². The summed E-state index contributed by atoms with van der Waals surface area (Å²) in [5.41, 5.74) is 6.53. The van der Waals surface area contributed by atoms with Crippen LogP contribution in [0, 0.1) is 5.41 Å². The molecule has 3 aliphatic carbocycles. The van der Waals surface area contributed by atoms with Crippen LogP contribution in [0.25, 0.3) is 10.9 Å². The van der Waals surface area contributed by atoms with Crippen LogP contribution in [-0.4, -0.2) is 63.0 Å². The highest BCUT2D eigenvalue weighted by atomic mass is 16.8. The zero-order chi connectivity index (χ0) is 30.2. The van der Waals surface area contributed by atoms with E-state index in [2.05, 4.69) is 31.0 Å². The number of aliphatic hydroxyl groups is 1. The van der Waals surface area contributed by atoms with Crippen molar-refractivity contribution < 1.29 is 28.9 Å². The maximum absolute atomic E-state index is 13.6. The van der Waals surface area contributed by atoms with Gasteiger partial charge < -0.3 is 30.0 Å². The van der Waals surface area contributed by atoms with Gasteiger partial charge in [0.15, 0.2) is 23.5 Å². The van der Waals surface area contributed by atoms with Crippen LogP contribution < -0.4 is 5.73 Å². The number of benzene rings is 2. The standard InChI is InChI=1S/C35H38N2O6/c1-30(2)29-24(38)16-26-34(42-29,43-30)15-14-31(3)32(4)28-22(21-12-8-9-13-23(21)37-28)17-33(32,36)18-27(35(26,31)40)41-19-25(39)20-10-6-5-7-11-20/h5-13,16,27,29,37,40H,14-15,17-19,36H2,1-4H3/t27-,29?,31+,32+,33-,34?,35-/m0/s1. The van der Waals surface area contributed by atoms with E-state index in [0.717, 1.165) is 22.2 Å². The number of nitrogens with one attached hydrogen (secondary N) is 1. The van der Waals surface area contributed by atoms with Crippen LogP contribution in [0.3, 0.4) is 0 Å². The van der Waals surface area contributed by atoms with Gasteiger partial charge in [0.2, 0.25) is 0 Å². The summed E-state index contributed by atoms with van der Waals surface area (Å²) in [7, 11) is 0. The predicted octanol–water partition coefficient (Wildman–Crippen LogP) is 4.28. The maximum atomic E-state index is 13.6. The average molecular weight is 583 g/mol. The number of nitrogens with two attached hydrogens (primary N) is 1. The van der Waals surface area contributed by atoms with Gasteiger partial charge in [0.1, 0.15) is 17.8 Å². The monoisotopic (exact) mass is 582 g/mol. The summed E-state index contributed by atoms with van der Waals surface area (Å²) in [5, 5.41) is 14.6. The first kappa shape index (κ1) is 27.4. The minimum absolute atomic E-state index is 0.193. The lowest BCUT2D eigenvalue weighted by Gasteiger charge is -2.69. The second-order valence-electron chi connectivity index (χ2n) is 14.3. The smallest absolute Gasteiger partial charge is 0.195 e. The highest BCUT2D eigenvalue weighted by Crippen LogP contribution is 2.72. The number of Topliss-reactive ketones (excluding diaryl/α,β-unsaturated/α-hetero) is 1. The second kappa shape index (κ2) is 8.31. The SMILES string of the molecule is CC1(C)OC23CC[C@]4(C)[C@@]5(C)c6[nH]c7ccccc7c6C[C@]5(N)C[C@H](OCC(=O)c5ccccc5)[C@@]4(O)C2=CC(=O)C1O3. The van der Waals surface area contributed by atoms with Crippen LogP contribution in [0.1, 0.15) is 68.6 Å². The van der Waals surface area contributed by atoms with Crippen LogP contribution in [0.5, 0.6) is 0 Å². The Morgan fingerprint density at radius 3 is 2.56 bits per heavy atom. The van der Waals surface area contributed by atoms with Crippen LogP contribution in [0.4, 0.5) is 0 Å². The highest BCUT2D eigenvalue weighted by Gasteiger charge is 2.80. The van der Waals surface area contributed by atoms with Gasteiger partial charge in [0.05, 0.1) is 6.10 Å². The van der Waals surface area contributed by atoms with Crippen molar-refractivity contribution in [3.05, 3.63) is 83.1 Å². The number of hydrogen-bond donors (Lipinski definition) is 3. The van der Waals surface area contributed by atoms with Gasteiger partial charge in [-0.25, -0.2) is 0 Å². The van der Waals surface area contributed by atoms with Gasteiger partial charge in [0.25, 0.3) is 0 Å². The van der Waals surface area contributed by atoms with Gasteiger partial charge in [-0.2, -0.15) is 0 Å². The Morgan fingerprint density at radius 2 is 1.79 bits per heavy atom. The lowest BCUT2D eigenvalue weighted by molar-refractivity contribution is -0.281. The van der Waals surface area contributed by atoms with Crippen LogP contribution >= 0.6 is 0 Å². The largest absolute Gasteiger partial charge is 0.382 e. The van der Waals surface area contributed by atoms with Crippen molar-refractivity contribution in [2.45, 2.75) is 93.5 Å². The Kier molecular flexibility index (Phi) is 5.30. The Balaban J connectivity index is 1.31. The van der Waals surface area contributed by atoms with Crippen molar-refractivity contribution in [3.63, 3.8) is 0 Å². The van der Waals surface area contributed by atoms with Gasteiger partial charge in [-0.05, 0) is 50.8 Å². The van der Waals surface area contributed by atoms with Gasteiger partial charge in [-0.15, -0.1) is 0 Å². The summed E-state index contributed by atoms with van der Waals surface area (Å²) in [6.45, 7) is 7.68. The van der Waals surface area contributed by atoms with Crippen LogP contribution in [-0.2, 0) is 30.8 Å². The molecule has 2 bridgehead atoms. The molecule has 7 atom stereocenters. The predicted molar refractivity (Wildman–Crippen MR) is 160 cm³/mol. The number of rotatable bonds is 4. The molecule has 8 rings (SSSR count). The van der Waals surface area contributed by atoms with E-state index in [9.17, 15) is 14.7 Å². The third kappa shape index (κ3) is 3.13. The molecule has 3 aromatic rings. The molecule has 4 N–H and O–H groups in total. The molecule has 3 heterocycles. The molecule has 2 unspecified atom stereocenters. The minimum Gasteiger partial charge on any atom is -0.382 e. The van der Waals surface area contributed by atoms with E-state index >= 15 is 0 Å². The summed E-state index contributed by atoms with van der Waals surface area (Å²) < 4.78 is 19.5. The normalized spacial score (nSPS) is 40.4. The molecule has 3 fully saturated rings. The molecule has 1 spiro atoms. The summed E-state index contributed by atoms with van der Waals surface area (Å²) >= 11 is 0. The van der Waals surface area contributed by atoms with E-state index in [1.165, 1.54) is 0 Å². The molecular formula is C35H38N2O6. The zero-order valence-electron chi connectivity index (χ0n) is 25.0. The first-order valence-electron chi connectivity index (χ1n) is 15.3. The molecule has 0 amide bonds. The molecule has 5 aliphatic rings. The van der Waals surface area contributed by atoms with E-state index in [-0.39, 0.29) is 24.6 Å². The molecule has 224 valence electrons. The number of para-hydroxylation sites is 1. The quantitative estimate of drug-likeness (QED) is 0.392. The van der Waals surface area contributed by atoms with E-state index in [0.29, 0.717) is 30.4 Å². The van der Waals surface area contributed by atoms with E-state index < -0.39 is 45.6 Å². The number of carbonyl (C=O) groups is 2. The average Bonchev–Trinajstić information content (AvgIpc) is 3.54. The summed E-state index contributed by atoms with van der Waals surface area (Å²) in [4.78, 5) is 30.5. The minimum atomic E-state index is -1.74. The fourth-order valence-corrected chi connectivity index (χ4v) is 9.58. The first-order chi connectivity index (χ1) is 20.3. The van der Waals surface area contributed by atoms with Crippen molar-refractivity contribution in [1.82, 2.24) is 4.98 Å². The van der Waals surface area contributed by atoms with Crippen molar-refractivity contribution >= 4 is 22.5 Å². The Hall–Kier alpha value is -3.14. The number of aromatic nitrogens is 1. The first-order valence-corrected chi connectivity index (χ1v) is 15.3. The molecule has 2 aliphatic heterocycles. The molecule has 2 aromatic carbocycles. The number of aromatic amines is 1. The fourth-order valence-electron chi connectivity index (χ4n) is 9.58.